The van der Waals surface area contributed by atoms with Gasteiger partial charge in [0.05, 0.1) is 12.2 Å². The highest BCUT2D eigenvalue weighted by Crippen LogP contribution is 2.22. The molecule has 2 rings (SSSR count). The number of hydrogen-bond acceptors (Lipinski definition) is 3. The van der Waals surface area contributed by atoms with Crippen molar-refractivity contribution >= 4 is 5.69 Å². The number of benzene rings is 1. The molecule has 0 fully saturated rings. The van der Waals surface area contributed by atoms with Gasteiger partial charge in [0.15, 0.2) is 0 Å². The van der Waals surface area contributed by atoms with Gasteiger partial charge in [-0.05, 0) is 32.0 Å². The predicted molar refractivity (Wildman–Crippen MR) is 74.5 cm³/mol. The van der Waals surface area contributed by atoms with E-state index < -0.39 is 0 Å². The van der Waals surface area contributed by atoms with E-state index >= 15 is 0 Å². The fourth-order valence-corrected chi connectivity index (χ4v) is 2.13. The number of nitrogens with zero attached hydrogens (tertiary/aromatic N) is 1. The molecule has 0 spiro atoms. The zero-order valence-electron chi connectivity index (χ0n) is 11.3. The van der Waals surface area contributed by atoms with Crippen molar-refractivity contribution in [1.82, 2.24) is 0 Å². The average Bonchev–Trinajstić information content (AvgIpc) is 2.77. The van der Waals surface area contributed by atoms with Crippen molar-refractivity contribution in [2.24, 2.45) is 5.73 Å². The van der Waals surface area contributed by atoms with Gasteiger partial charge in [-0.25, -0.2) is 4.39 Å². The van der Waals surface area contributed by atoms with Crippen LogP contribution in [0.4, 0.5) is 10.1 Å². The van der Waals surface area contributed by atoms with Crippen LogP contribution in [0.25, 0.3) is 0 Å². The molecule has 1 aromatic carbocycles. The van der Waals surface area contributed by atoms with E-state index in [1.54, 1.807) is 12.1 Å². The third-order valence-corrected chi connectivity index (χ3v) is 3.21. The standard InChI is InChI=1S/C15H19FN2O/c1-3-18(15-7-5-4-6-14(15)16)10-13-8-12(9-17)11(2)19-13/h4-8H,3,9-10,17H2,1-2H3. The van der Waals surface area contributed by atoms with Crippen LogP contribution in [0.3, 0.4) is 0 Å². The molecule has 0 saturated carbocycles. The first kappa shape index (κ1) is 13.6. The van der Waals surface area contributed by atoms with Gasteiger partial charge in [-0.2, -0.15) is 0 Å². The molecule has 0 radical (unpaired) electrons. The summed E-state index contributed by atoms with van der Waals surface area (Å²) in [4.78, 5) is 1.94. The van der Waals surface area contributed by atoms with Gasteiger partial charge in [-0.15, -0.1) is 0 Å². The van der Waals surface area contributed by atoms with Crippen molar-refractivity contribution in [2.45, 2.75) is 26.9 Å². The molecule has 1 heterocycles. The van der Waals surface area contributed by atoms with Gasteiger partial charge in [-0.1, -0.05) is 12.1 Å². The normalized spacial score (nSPS) is 10.7. The molecule has 102 valence electrons. The Labute approximate surface area is 112 Å². The second-order valence-electron chi connectivity index (χ2n) is 4.46. The smallest absolute Gasteiger partial charge is 0.146 e. The van der Waals surface area contributed by atoms with E-state index in [2.05, 4.69) is 0 Å². The number of halogens is 1. The Kier molecular flexibility index (Phi) is 4.22. The maximum Gasteiger partial charge on any atom is 0.146 e. The molecular weight excluding hydrogens is 243 g/mol. The van der Waals surface area contributed by atoms with E-state index in [0.29, 0.717) is 25.3 Å². The van der Waals surface area contributed by atoms with Gasteiger partial charge < -0.3 is 15.1 Å². The summed E-state index contributed by atoms with van der Waals surface area (Å²) in [5.74, 6) is 1.43. The van der Waals surface area contributed by atoms with Gasteiger partial charge in [0.25, 0.3) is 0 Å². The molecule has 0 aliphatic carbocycles. The third-order valence-electron chi connectivity index (χ3n) is 3.21. The molecule has 0 unspecified atom stereocenters. The highest BCUT2D eigenvalue weighted by molar-refractivity contribution is 5.47. The number of aryl methyl sites for hydroxylation is 1. The third kappa shape index (κ3) is 2.96. The molecule has 19 heavy (non-hydrogen) atoms. The summed E-state index contributed by atoms with van der Waals surface area (Å²) >= 11 is 0. The van der Waals surface area contributed by atoms with E-state index in [-0.39, 0.29) is 5.82 Å². The summed E-state index contributed by atoms with van der Waals surface area (Å²) in [6, 6.07) is 8.71. The van der Waals surface area contributed by atoms with Crippen molar-refractivity contribution in [3.63, 3.8) is 0 Å². The first-order valence-corrected chi connectivity index (χ1v) is 6.43. The summed E-state index contributed by atoms with van der Waals surface area (Å²) in [5, 5.41) is 0. The fraction of sp³-hybridized carbons (Fsp3) is 0.333. The van der Waals surface area contributed by atoms with Gasteiger partial charge in [0.2, 0.25) is 0 Å². The molecule has 0 aliphatic heterocycles. The van der Waals surface area contributed by atoms with Crippen LogP contribution in [0.1, 0.15) is 24.0 Å². The molecule has 2 N–H and O–H groups in total. The number of anilines is 1. The summed E-state index contributed by atoms with van der Waals surface area (Å²) in [5.41, 5.74) is 7.22. The lowest BCUT2D eigenvalue weighted by Crippen LogP contribution is -2.22. The summed E-state index contributed by atoms with van der Waals surface area (Å²) in [7, 11) is 0. The monoisotopic (exact) mass is 262 g/mol. The molecular formula is C15H19FN2O. The van der Waals surface area contributed by atoms with E-state index in [0.717, 1.165) is 17.1 Å². The van der Waals surface area contributed by atoms with Crippen molar-refractivity contribution in [3.8, 4) is 0 Å². The Bertz CT molecular complexity index is 551. The highest BCUT2D eigenvalue weighted by Gasteiger charge is 2.13. The average molecular weight is 262 g/mol. The number of furan rings is 1. The molecule has 0 aliphatic rings. The largest absolute Gasteiger partial charge is 0.464 e. The van der Waals surface area contributed by atoms with E-state index in [4.69, 9.17) is 10.2 Å². The molecule has 4 heteroatoms. The number of rotatable bonds is 5. The summed E-state index contributed by atoms with van der Waals surface area (Å²) in [6.07, 6.45) is 0. The van der Waals surface area contributed by atoms with Crippen LogP contribution >= 0.6 is 0 Å². The molecule has 0 amide bonds. The number of para-hydroxylation sites is 1. The number of nitrogens with two attached hydrogens (primary N) is 1. The van der Waals surface area contributed by atoms with E-state index in [1.165, 1.54) is 6.07 Å². The summed E-state index contributed by atoms with van der Waals surface area (Å²) in [6.45, 7) is 5.59. The van der Waals surface area contributed by atoms with Crippen molar-refractivity contribution in [2.75, 3.05) is 11.4 Å². The van der Waals surface area contributed by atoms with E-state index in [1.807, 2.05) is 30.9 Å². The summed E-state index contributed by atoms with van der Waals surface area (Å²) < 4.78 is 19.4. The van der Waals surface area contributed by atoms with Gasteiger partial charge in [-0.3, -0.25) is 0 Å². The second kappa shape index (κ2) is 5.89. The zero-order chi connectivity index (χ0) is 13.8. The van der Waals surface area contributed by atoms with Gasteiger partial charge in [0, 0.05) is 18.7 Å². The fourth-order valence-electron chi connectivity index (χ4n) is 2.13. The first-order valence-electron chi connectivity index (χ1n) is 6.43. The molecule has 0 bridgehead atoms. The molecule has 0 atom stereocenters. The molecule has 0 saturated heterocycles. The highest BCUT2D eigenvalue weighted by atomic mass is 19.1. The minimum absolute atomic E-state index is 0.216. The van der Waals surface area contributed by atoms with E-state index in [9.17, 15) is 4.39 Å². The van der Waals surface area contributed by atoms with Gasteiger partial charge >= 0.3 is 0 Å². The van der Waals surface area contributed by atoms with Crippen LogP contribution in [0.5, 0.6) is 0 Å². The minimum atomic E-state index is -0.216. The van der Waals surface area contributed by atoms with Crippen LogP contribution in [-0.2, 0) is 13.1 Å². The maximum absolute atomic E-state index is 13.8. The SMILES string of the molecule is CCN(Cc1cc(CN)c(C)o1)c1ccccc1F. The molecule has 2 aromatic rings. The Hall–Kier alpha value is -1.81. The van der Waals surface area contributed by atoms with Crippen LogP contribution < -0.4 is 10.6 Å². The quantitative estimate of drug-likeness (QED) is 0.899. The molecule has 1 aromatic heterocycles. The zero-order valence-corrected chi connectivity index (χ0v) is 11.3. The Morgan fingerprint density at radius 3 is 2.63 bits per heavy atom. The van der Waals surface area contributed by atoms with Gasteiger partial charge in [0.1, 0.15) is 17.3 Å². The predicted octanol–water partition coefficient (Wildman–Crippen LogP) is 3.21. The Balaban J connectivity index is 2.21. The van der Waals surface area contributed by atoms with Crippen LogP contribution in [0.2, 0.25) is 0 Å². The topological polar surface area (TPSA) is 42.4 Å². The van der Waals surface area contributed by atoms with Crippen LogP contribution in [0, 0.1) is 12.7 Å². The lowest BCUT2D eigenvalue weighted by molar-refractivity contribution is 0.474. The van der Waals surface area contributed by atoms with Crippen molar-refractivity contribution < 1.29 is 8.81 Å². The van der Waals surface area contributed by atoms with Crippen LogP contribution in [0.15, 0.2) is 34.7 Å². The van der Waals surface area contributed by atoms with Crippen LogP contribution in [-0.4, -0.2) is 6.54 Å². The first-order chi connectivity index (χ1) is 9.15. The lowest BCUT2D eigenvalue weighted by Gasteiger charge is -2.22. The minimum Gasteiger partial charge on any atom is -0.464 e. The van der Waals surface area contributed by atoms with Crippen molar-refractivity contribution in [3.05, 3.63) is 53.2 Å². The lowest BCUT2D eigenvalue weighted by atomic mass is 10.2. The number of hydrogen-bond donors (Lipinski definition) is 1. The molecule has 3 nitrogen and oxygen atoms in total. The van der Waals surface area contributed by atoms with Crippen molar-refractivity contribution in [1.29, 1.82) is 0 Å². The Morgan fingerprint density at radius 1 is 1.32 bits per heavy atom. The Morgan fingerprint density at radius 2 is 2.05 bits per heavy atom. The second-order valence-corrected chi connectivity index (χ2v) is 4.46. The maximum atomic E-state index is 13.8.